The van der Waals surface area contributed by atoms with Crippen LogP contribution in [0.25, 0.3) is 11.0 Å². The third-order valence-electron chi connectivity index (χ3n) is 6.01. The molecule has 3 aromatic rings. The molecule has 3 heterocycles. The van der Waals surface area contributed by atoms with Gasteiger partial charge in [0.25, 0.3) is 11.8 Å². The number of imidazole rings is 1. The van der Waals surface area contributed by atoms with Crippen LogP contribution in [-0.2, 0) is 13.0 Å². The van der Waals surface area contributed by atoms with Crippen LogP contribution in [0.1, 0.15) is 57.2 Å². The van der Waals surface area contributed by atoms with Crippen LogP contribution in [0.3, 0.4) is 0 Å². The fraction of sp³-hybridized carbons (Fsp3) is 0.429. The molecule has 1 saturated carbocycles. The largest absolute Gasteiger partial charge is 0.363 e. The molecule has 9 heteroatoms. The first-order valence-electron chi connectivity index (χ1n) is 10.4. The summed E-state index contributed by atoms with van der Waals surface area (Å²) >= 11 is 1.55. The van der Waals surface area contributed by atoms with Crippen molar-refractivity contribution in [3.8, 4) is 0 Å². The first kappa shape index (κ1) is 19.2. The van der Waals surface area contributed by atoms with Gasteiger partial charge in [0.05, 0.1) is 16.8 Å². The van der Waals surface area contributed by atoms with Crippen LogP contribution in [0.2, 0.25) is 0 Å². The highest BCUT2D eigenvalue weighted by atomic mass is 32.1. The number of benzene rings is 1. The molecule has 0 bridgehead atoms. The molecule has 1 aromatic carbocycles. The minimum atomic E-state index is -0.660. The average Bonchev–Trinajstić information content (AvgIpc) is 3.46. The Morgan fingerprint density at radius 2 is 2.10 bits per heavy atom. The number of rotatable bonds is 5. The molecule has 0 atom stereocenters. The van der Waals surface area contributed by atoms with Crippen molar-refractivity contribution in [2.75, 3.05) is 18.4 Å². The quantitative estimate of drug-likeness (QED) is 0.582. The zero-order valence-electron chi connectivity index (χ0n) is 16.6. The van der Waals surface area contributed by atoms with Crippen LogP contribution in [-0.4, -0.2) is 44.8 Å². The molecule has 1 aliphatic carbocycles. The second-order valence-electron chi connectivity index (χ2n) is 8.13. The summed E-state index contributed by atoms with van der Waals surface area (Å²) < 4.78 is 0. The number of nitrogens with zero attached hydrogens (tertiary/aromatic N) is 3. The highest BCUT2D eigenvalue weighted by molar-refractivity contribution is 7.15. The van der Waals surface area contributed by atoms with E-state index in [-0.39, 0.29) is 11.7 Å². The van der Waals surface area contributed by atoms with Gasteiger partial charge in [0.1, 0.15) is 5.52 Å². The Labute approximate surface area is 177 Å². The van der Waals surface area contributed by atoms with Gasteiger partial charge in [0, 0.05) is 30.9 Å². The predicted octanol–water partition coefficient (Wildman–Crippen LogP) is 2.92. The van der Waals surface area contributed by atoms with Crippen LogP contribution in [0.4, 0.5) is 5.13 Å². The number of aromatic nitrogens is 3. The van der Waals surface area contributed by atoms with Crippen molar-refractivity contribution < 1.29 is 9.59 Å². The van der Waals surface area contributed by atoms with E-state index in [0.717, 1.165) is 31.1 Å². The van der Waals surface area contributed by atoms with Gasteiger partial charge < -0.3 is 10.7 Å². The highest BCUT2D eigenvalue weighted by Crippen LogP contribution is 2.31. The molecule has 156 valence electrons. The molecular formula is C21H24N6O2S. The number of H-pyrrole nitrogens is 1. The molecule has 0 unspecified atom stereocenters. The number of carbonyl (C=O) groups excluding carboxylic acids is 2. The minimum absolute atomic E-state index is 0.0392. The molecular weight excluding hydrogens is 400 g/mol. The number of carbonyl (C=O) groups is 2. The van der Waals surface area contributed by atoms with Gasteiger partial charge >= 0.3 is 0 Å². The third-order valence-corrected chi connectivity index (χ3v) is 7.01. The van der Waals surface area contributed by atoms with Crippen LogP contribution < -0.4 is 11.1 Å². The Kier molecular flexibility index (Phi) is 5.00. The van der Waals surface area contributed by atoms with Crippen molar-refractivity contribution in [1.82, 2.24) is 19.9 Å². The molecule has 2 amide bonds. The van der Waals surface area contributed by atoms with Crippen molar-refractivity contribution in [2.45, 2.75) is 38.6 Å². The van der Waals surface area contributed by atoms with Crippen molar-refractivity contribution in [3.05, 3.63) is 40.2 Å². The van der Waals surface area contributed by atoms with E-state index in [4.69, 9.17) is 5.73 Å². The van der Waals surface area contributed by atoms with E-state index in [9.17, 15) is 9.59 Å². The number of nitrogens with two attached hydrogens (primary N) is 1. The average molecular weight is 425 g/mol. The fourth-order valence-electron chi connectivity index (χ4n) is 4.51. The molecule has 8 nitrogen and oxygen atoms in total. The summed E-state index contributed by atoms with van der Waals surface area (Å²) in [5.41, 5.74) is 7.79. The number of para-hydroxylation sites is 1. The summed E-state index contributed by atoms with van der Waals surface area (Å²) in [5.74, 6) is -0.0834. The normalized spacial score (nSPS) is 17.3. The zero-order valence-corrected chi connectivity index (χ0v) is 17.4. The van der Waals surface area contributed by atoms with Gasteiger partial charge in [-0.2, -0.15) is 0 Å². The Hall–Kier alpha value is -2.78. The maximum atomic E-state index is 12.9. The number of aromatic amines is 1. The lowest BCUT2D eigenvalue weighted by molar-refractivity contribution is 0.0989. The van der Waals surface area contributed by atoms with Crippen LogP contribution >= 0.6 is 11.3 Å². The number of hydrogen-bond donors (Lipinski definition) is 3. The lowest BCUT2D eigenvalue weighted by Gasteiger charge is -2.28. The maximum absolute atomic E-state index is 12.9. The van der Waals surface area contributed by atoms with Gasteiger partial charge in [-0.1, -0.05) is 18.9 Å². The SMILES string of the molecule is NC(=O)c1nc2c(C(=O)Nc3nc4c(s3)CN(CC3CCCC3)CC4)cccc2[nH]1. The Balaban J connectivity index is 1.31. The molecule has 0 spiro atoms. The number of fused-ring (bicyclic) bond motifs is 2. The Bertz CT molecular complexity index is 1110. The van der Waals surface area contributed by atoms with E-state index in [1.807, 2.05) is 0 Å². The summed E-state index contributed by atoms with van der Waals surface area (Å²) in [6, 6.07) is 5.18. The molecule has 30 heavy (non-hydrogen) atoms. The summed E-state index contributed by atoms with van der Waals surface area (Å²) in [6.45, 7) is 3.11. The molecule has 5 rings (SSSR count). The van der Waals surface area contributed by atoms with Crippen molar-refractivity contribution in [2.24, 2.45) is 11.7 Å². The second kappa shape index (κ2) is 7.81. The third kappa shape index (κ3) is 3.70. The number of amides is 2. The zero-order chi connectivity index (χ0) is 20.7. The summed E-state index contributed by atoms with van der Waals surface area (Å²) in [6.07, 6.45) is 6.35. The molecule has 1 fully saturated rings. The molecule has 4 N–H and O–H groups in total. The van der Waals surface area contributed by atoms with Crippen molar-refractivity contribution in [1.29, 1.82) is 0 Å². The summed E-state index contributed by atoms with van der Waals surface area (Å²) in [5, 5.41) is 3.52. The van der Waals surface area contributed by atoms with Crippen molar-refractivity contribution in [3.63, 3.8) is 0 Å². The van der Waals surface area contributed by atoms with Crippen molar-refractivity contribution >= 4 is 39.3 Å². The Morgan fingerprint density at radius 3 is 2.90 bits per heavy atom. The lowest BCUT2D eigenvalue weighted by Crippen LogP contribution is -2.33. The van der Waals surface area contributed by atoms with Gasteiger partial charge in [0.2, 0.25) is 0 Å². The first-order valence-corrected chi connectivity index (χ1v) is 11.2. The first-order chi connectivity index (χ1) is 14.6. The topological polar surface area (TPSA) is 117 Å². The molecule has 0 saturated heterocycles. The van der Waals surface area contributed by atoms with E-state index in [0.29, 0.717) is 21.7 Å². The van der Waals surface area contributed by atoms with Crippen LogP contribution in [0, 0.1) is 5.92 Å². The van der Waals surface area contributed by atoms with Crippen LogP contribution in [0.15, 0.2) is 18.2 Å². The van der Waals surface area contributed by atoms with Crippen LogP contribution in [0.5, 0.6) is 0 Å². The lowest BCUT2D eigenvalue weighted by atomic mass is 10.1. The van der Waals surface area contributed by atoms with E-state index >= 15 is 0 Å². The van der Waals surface area contributed by atoms with E-state index in [2.05, 4.69) is 25.2 Å². The number of nitrogens with one attached hydrogen (secondary N) is 2. The smallest absolute Gasteiger partial charge is 0.284 e. The monoisotopic (exact) mass is 424 g/mol. The number of primary amides is 1. The van der Waals surface area contributed by atoms with E-state index in [1.54, 1.807) is 29.5 Å². The van der Waals surface area contributed by atoms with Gasteiger partial charge in [-0.15, -0.1) is 11.3 Å². The van der Waals surface area contributed by atoms with Gasteiger partial charge in [0.15, 0.2) is 11.0 Å². The molecule has 1 aliphatic heterocycles. The Morgan fingerprint density at radius 1 is 1.27 bits per heavy atom. The fourth-order valence-corrected chi connectivity index (χ4v) is 5.56. The maximum Gasteiger partial charge on any atom is 0.284 e. The highest BCUT2D eigenvalue weighted by Gasteiger charge is 2.25. The standard InChI is InChI=1S/C21H24N6O2S/c22-18(28)19-23-15-7-3-6-13(17(15)25-19)20(29)26-21-24-14-8-9-27(11-16(14)30-21)10-12-4-1-2-5-12/h3,6-7,12H,1-2,4-5,8-11H2,(H2,22,28)(H,23,25)(H,24,26,29). The summed E-state index contributed by atoms with van der Waals surface area (Å²) in [4.78, 5) is 39.7. The van der Waals surface area contributed by atoms with Gasteiger partial charge in [-0.25, -0.2) is 9.97 Å². The van der Waals surface area contributed by atoms with Gasteiger partial charge in [-0.3, -0.25) is 19.8 Å². The number of anilines is 1. The molecule has 2 aliphatic rings. The number of thiazole rings is 1. The molecule has 2 aromatic heterocycles. The van der Waals surface area contributed by atoms with E-state index < -0.39 is 5.91 Å². The predicted molar refractivity (Wildman–Crippen MR) is 116 cm³/mol. The van der Waals surface area contributed by atoms with E-state index in [1.165, 1.54) is 37.1 Å². The summed E-state index contributed by atoms with van der Waals surface area (Å²) in [7, 11) is 0. The molecule has 0 radical (unpaired) electrons. The second-order valence-corrected chi connectivity index (χ2v) is 9.21. The minimum Gasteiger partial charge on any atom is -0.363 e. The number of hydrogen-bond acceptors (Lipinski definition) is 6. The van der Waals surface area contributed by atoms with Gasteiger partial charge in [-0.05, 0) is 30.9 Å².